The molecule has 1 saturated heterocycles. The molecule has 3 heterocycles. The Hall–Kier alpha value is -4.90. The lowest BCUT2D eigenvalue weighted by Crippen LogP contribution is -2.57. The Morgan fingerprint density at radius 2 is 1.78 bits per heavy atom. The van der Waals surface area contributed by atoms with Crippen molar-refractivity contribution in [3.05, 3.63) is 89.9 Å². The lowest BCUT2D eigenvalue weighted by atomic mass is 9.92. The number of H-pyrrole nitrogens is 1. The number of carbonyl (C=O) groups is 3. The molecule has 4 aromatic rings. The minimum absolute atomic E-state index is 0.116. The van der Waals surface area contributed by atoms with Gasteiger partial charge in [-0.05, 0) is 62.5 Å². The summed E-state index contributed by atoms with van der Waals surface area (Å²) in [6.45, 7) is 6.41. The number of rotatable bonds is 10. The van der Waals surface area contributed by atoms with Crippen LogP contribution in [0.15, 0.2) is 73.2 Å². The van der Waals surface area contributed by atoms with Crippen LogP contribution in [-0.4, -0.2) is 95.4 Å². The standard InChI is InChI=1S/C34H41N7O4/c1-5-45-30-13-12-24(22-39(3)4)19-29(30)37-32(42)31(23(2)27-21-36-28-11-7-6-10-26(27)28)38-34(44)41-17-15-40(16-18-41)33(43)25-9-8-14-35-20-25/h6-14,19-21,23,31,36H,5,15-18,22H2,1-4H3,(H,37,42)(H,38,44). The molecule has 2 aromatic carbocycles. The lowest BCUT2D eigenvalue weighted by molar-refractivity contribution is -0.118. The van der Waals surface area contributed by atoms with E-state index in [4.69, 9.17) is 4.74 Å². The van der Waals surface area contributed by atoms with Gasteiger partial charge in [0, 0.05) is 68.1 Å². The highest BCUT2D eigenvalue weighted by Crippen LogP contribution is 2.31. The van der Waals surface area contributed by atoms with Gasteiger partial charge in [-0.3, -0.25) is 14.6 Å². The quantitative estimate of drug-likeness (QED) is 0.246. The molecule has 2 atom stereocenters. The van der Waals surface area contributed by atoms with Crippen LogP contribution in [0.25, 0.3) is 10.9 Å². The number of hydrogen-bond donors (Lipinski definition) is 3. The Kier molecular flexibility index (Phi) is 9.99. The van der Waals surface area contributed by atoms with Crippen LogP contribution in [-0.2, 0) is 11.3 Å². The number of fused-ring (bicyclic) bond motifs is 1. The first-order valence-corrected chi connectivity index (χ1v) is 15.3. The van der Waals surface area contributed by atoms with Crippen molar-refractivity contribution >= 4 is 34.4 Å². The summed E-state index contributed by atoms with van der Waals surface area (Å²) >= 11 is 0. The third-order valence-corrected chi connectivity index (χ3v) is 8.04. The third-order valence-electron chi connectivity index (χ3n) is 8.04. The van der Waals surface area contributed by atoms with Gasteiger partial charge in [0.05, 0.1) is 17.9 Å². The van der Waals surface area contributed by atoms with Crippen molar-refractivity contribution in [1.29, 1.82) is 0 Å². The molecule has 2 unspecified atom stereocenters. The Balaban J connectivity index is 1.36. The van der Waals surface area contributed by atoms with Crippen molar-refractivity contribution in [2.45, 2.75) is 32.4 Å². The zero-order valence-corrected chi connectivity index (χ0v) is 26.2. The van der Waals surface area contributed by atoms with Crippen LogP contribution in [0.5, 0.6) is 5.75 Å². The smallest absolute Gasteiger partial charge is 0.318 e. The van der Waals surface area contributed by atoms with Gasteiger partial charge in [0.2, 0.25) is 5.91 Å². The fourth-order valence-corrected chi connectivity index (χ4v) is 5.71. The van der Waals surface area contributed by atoms with Crippen molar-refractivity contribution in [2.24, 2.45) is 0 Å². The van der Waals surface area contributed by atoms with E-state index < -0.39 is 6.04 Å². The van der Waals surface area contributed by atoms with E-state index in [1.54, 1.807) is 34.3 Å². The molecular formula is C34H41N7O4. The molecule has 3 N–H and O–H groups in total. The molecule has 0 saturated carbocycles. The first-order chi connectivity index (χ1) is 21.7. The van der Waals surface area contributed by atoms with Crippen molar-refractivity contribution in [3.8, 4) is 5.75 Å². The van der Waals surface area contributed by atoms with Crippen LogP contribution >= 0.6 is 0 Å². The molecule has 1 aliphatic rings. The maximum absolute atomic E-state index is 14.1. The molecule has 1 fully saturated rings. The van der Waals surface area contributed by atoms with Crippen molar-refractivity contribution in [1.82, 2.24) is 30.0 Å². The Morgan fingerprint density at radius 1 is 1.02 bits per heavy atom. The number of pyridine rings is 1. The van der Waals surface area contributed by atoms with E-state index in [1.807, 2.05) is 81.5 Å². The molecule has 1 aliphatic heterocycles. The summed E-state index contributed by atoms with van der Waals surface area (Å²) in [5.74, 6) is -0.281. The van der Waals surface area contributed by atoms with Crippen LogP contribution in [0.4, 0.5) is 10.5 Å². The van der Waals surface area contributed by atoms with Crippen LogP contribution in [0.1, 0.15) is 41.3 Å². The largest absolute Gasteiger partial charge is 0.492 e. The molecule has 11 nitrogen and oxygen atoms in total. The molecule has 5 rings (SSSR count). The molecule has 236 valence electrons. The molecule has 0 radical (unpaired) electrons. The second-order valence-electron chi connectivity index (χ2n) is 11.5. The van der Waals surface area contributed by atoms with Crippen molar-refractivity contribution in [2.75, 3.05) is 52.2 Å². The van der Waals surface area contributed by atoms with Crippen LogP contribution in [0.3, 0.4) is 0 Å². The number of amides is 4. The molecule has 0 aliphatic carbocycles. The molecule has 0 spiro atoms. The van der Waals surface area contributed by atoms with Crippen molar-refractivity contribution in [3.63, 3.8) is 0 Å². The topological polar surface area (TPSA) is 123 Å². The van der Waals surface area contributed by atoms with Gasteiger partial charge in [0.25, 0.3) is 5.91 Å². The number of anilines is 1. The molecule has 0 bridgehead atoms. The highest BCUT2D eigenvalue weighted by atomic mass is 16.5. The predicted molar refractivity (Wildman–Crippen MR) is 174 cm³/mol. The fraction of sp³-hybridized carbons (Fsp3) is 0.353. The minimum Gasteiger partial charge on any atom is -0.492 e. The predicted octanol–water partition coefficient (Wildman–Crippen LogP) is 4.30. The number of benzene rings is 2. The van der Waals surface area contributed by atoms with Gasteiger partial charge in [-0.25, -0.2) is 4.79 Å². The maximum atomic E-state index is 14.1. The fourth-order valence-electron chi connectivity index (χ4n) is 5.71. The molecule has 45 heavy (non-hydrogen) atoms. The van der Waals surface area contributed by atoms with Gasteiger partial charge >= 0.3 is 6.03 Å². The summed E-state index contributed by atoms with van der Waals surface area (Å²) in [6.07, 6.45) is 5.07. The van der Waals surface area contributed by atoms with Crippen molar-refractivity contribution < 1.29 is 19.1 Å². The van der Waals surface area contributed by atoms with Gasteiger partial charge in [0.1, 0.15) is 11.8 Å². The number of piperazine rings is 1. The average molecular weight is 612 g/mol. The zero-order chi connectivity index (χ0) is 31.9. The second-order valence-corrected chi connectivity index (χ2v) is 11.5. The van der Waals surface area contributed by atoms with E-state index in [2.05, 4.69) is 20.6 Å². The summed E-state index contributed by atoms with van der Waals surface area (Å²) in [5.41, 5.74) is 3.95. The summed E-state index contributed by atoms with van der Waals surface area (Å²) in [4.78, 5) is 53.4. The van der Waals surface area contributed by atoms with E-state index in [0.717, 1.165) is 22.0 Å². The van der Waals surface area contributed by atoms with E-state index in [1.165, 1.54) is 0 Å². The van der Waals surface area contributed by atoms with Crippen LogP contribution in [0.2, 0.25) is 0 Å². The van der Waals surface area contributed by atoms with E-state index in [-0.39, 0.29) is 23.8 Å². The van der Waals surface area contributed by atoms with Gasteiger partial charge in [-0.1, -0.05) is 31.2 Å². The summed E-state index contributed by atoms with van der Waals surface area (Å²) in [7, 11) is 3.97. The van der Waals surface area contributed by atoms with E-state index >= 15 is 0 Å². The van der Waals surface area contributed by atoms with E-state index in [0.29, 0.717) is 56.3 Å². The number of nitrogens with one attached hydrogen (secondary N) is 3. The Morgan fingerprint density at radius 3 is 2.49 bits per heavy atom. The highest BCUT2D eigenvalue weighted by molar-refractivity contribution is 5.99. The molecule has 11 heteroatoms. The molecular weight excluding hydrogens is 570 g/mol. The minimum atomic E-state index is -0.904. The molecule has 4 amide bonds. The third kappa shape index (κ3) is 7.43. The summed E-state index contributed by atoms with van der Waals surface area (Å²) in [6, 6.07) is 15.8. The van der Waals surface area contributed by atoms with Crippen LogP contribution in [0, 0.1) is 0 Å². The Bertz CT molecular complexity index is 1630. The Labute approximate surface area is 263 Å². The van der Waals surface area contributed by atoms with E-state index in [9.17, 15) is 14.4 Å². The zero-order valence-electron chi connectivity index (χ0n) is 26.2. The SMILES string of the molecule is CCOc1ccc(CN(C)C)cc1NC(=O)C(NC(=O)N1CCN(C(=O)c2cccnc2)CC1)C(C)c1c[nH]c2ccccc12. The van der Waals surface area contributed by atoms with Gasteiger partial charge < -0.3 is 35.1 Å². The number of aromatic nitrogens is 2. The highest BCUT2D eigenvalue weighted by Gasteiger charge is 2.33. The van der Waals surface area contributed by atoms with Gasteiger partial charge in [-0.15, -0.1) is 0 Å². The lowest BCUT2D eigenvalue weighted by Gasteiger charge is -2.36. The first-order valence-electron chi connectivity index (χ1n) is 15.3. The van der Waals surface area contributed by atoms with Gasteiger partial charge in [0.15, 0.2) is 0 Å². The normalized spacial score (nSPS) is 14.7. The maximum Gasteiger partial charge on any atom is 0.318 e. The first kappa shape index (κ1) is 31.5. The number of nitrogens with zero attached hydrogens (tertiary/aromatic N) is 4. The van der Waals surface area contributed by atoms with Crippen LogP contribution < -0.4 is 15.4 Å². The monoisotopic (exact) mass is 611 g/mol. The molecule has 2 aromatic heterocycles. The number of urea groups is 1. The number of carbonyl (C=O) groups excluding carboxylic acids is 3. The summed E-state index contributed by atoms with van der Waals surface area (Å²) in [5, 5.41) is 7.08. The number of aromatic amines is 1. The average Bonchev–Trinajstić information content (AvgIpc) is 3.48. The number of para-hydroxylation sites is 1. The number of hydrogen-bond acceptors (Lipinski definition) is 6. The van der Waals surface area contributed by atoms with Gasteiger partial charge in [-0.2, -0.15) is 0 Å². The second kappa shape index (κ2) is 14.3. The number of ether oxygens (including phenoxy) is 1. The summed E-state index contributed by atoms with van der Waals surface area (Å²) < 4.78 is 5.84.